The van der Waals surface area contributed by atoms with Gasteiger partial charge in [-0.15, -0.1) is 0 Å². The first-order valence-corrected chi connectivity index (χ1v) is 13.9. The van der Waals surface area contributed by atoms with Gasteiger partial charge in [-0.3, -0.25) is 14.5 Å². The van der Waals surface area contributed by atoms with Gasteiger partial charge < -0.3 is 14.2 Å². The van der Waals surface area contributed by atoms with Crippen molar-refractivity contribution in [2.24, 2.45) is 0 Å². The largest absolute Gasteiger partial charge is 0.493 e. The molecule has 2 amide bonds. The predicted octanol–water partition coefficient (Wildman–Crippen LogP) is 8.08. The van der Waals surface area contributed by atoms with Crippen molar-refractivity contribution in [3.8, 4) is 17.2 Å². The Morgan fingerprint density at radius 3 is 2.53 bits per heavy atom. The fourth-order valence-corrected chi connectivity index (χ4v) is 5.61. The van der Waals surface area contributed by atoms with Crippen molar-refractivity contribution >= 4 is 68.1 Å². The van der Waals surface area contributed by atoms with Crippen LogP contribution in [0.2, 0.25) is 10.0 Å². The van der Waals surface area contributed by atoms with Crippen molar-refractivity contribution in [2.45, 2.75) is 20.5 Å². The molecule has 3 aromatic rings. The van der Waals surface area contributed by atoms with E-state index < -0.39 is 0 Å². The highest BCUT2D eigenvalue weighted by atomic mass is 79.9. The lowest BCUT2D eigenvalue weighted by atomic mass is 10.1. The quantitative estimate of drug-likeness (QED) is 0.221. The number of thioether (sulfide) groups is 1. The second kappa shape index (κ2) is 12.5. The highest BCUT2D eigenvalue weighted by Gasteiger charge is 2.35. The molecular weight excluding hydrogens is 613 g/mol. The summed E-state index contributed by atoms with van der Waals surface area (Å²) in [6.07, 6.45) is 1.66. The third-order valence-corrected chi connectivity index (χ3v) is 7.81. The predicted molar refractivity (Wildman–Crippen MR) is 156 cm³/mol. The van der Waals surface area contributed by atoms with Crippen molar-refractivity contribution in [3.05, 3.63) is 90.2 Å². The van der Waals surface area contributed by atoms with E-state index in [1.807, 2.05) is 32.0 Å². The molecule has 0 unspecified atom stereocenters. The van der Waals surface area contributed by atoms with Crippen LogP contribution in [0.1, 0.15) is 22.3 Å². The Morgan fingerprint density at radius 2 is 1.79 bits per heavy atom. The third kappa shape index (κ3) is 6.67. The molecule has 10 heteroatoms. The van der Waals surface area contributed by atoms with Crippen LogP contribution in [-0.4, -0.2) is 36.3 Å². The second-order valence-electron chi connectivity index (χ2n) is 8.51. The van der Waals surface area contributed by atoms with Crippen molar-refractivity contribution in [1.29, 1.82) is 0 Å². The molecule has 1 aliphatic rings. The summed E-state index contributed by atoms with van der Waals surface area (Å²) in [6, 6.07) is 14.6. The number of imide groups is 1. The van der Waals surface area contributed by atoms with Gasteiger partial charge in [-0.1, -0.05) is 41.4 Å². The fourth-order valence-electron chi connectivity index (χ4n) is 3.71. The third-order valence-electron chi connectivity index (χ3n) is 5.73. The van der Waals surface area contributed by atoms with E-state index >= 15 is 0 Å². The Balaban J connectivity index is 1.45. The molecule has 0 N–H and O–H groups in total. The number of halogens is 3. The number of hydrogen-bond acceptors (Lipinski definition) is 6. The lowest BCUT2D eigenvalue weighted by Gasteiger charge is -2.15. The molecule has 0 aromatic heterocycles. The number of nitrogens with zero attached hydrogens (tertiary/aromatic N) is 1. The highest BCUT2D eigenvalue weighted by Crippen LogP contribution is 2.40. The molecule has 38 heavy (non-hydrogen) atoms. The Bertz CT molecular complexity index is 1430. The zero-order valence-corrected chi connectivity index (χ0v) is 24.8. The molecule has 6 nitrogen and oxygen atoms in total. The molecule has 0 saturated carbocycles. The van der Waals surface area contributed by atoms with E-state index in [1.54, 1.807) is 36.4 Å². The smallest absolute Gasteiger partial charge is 0.293 e. The number of rotatable bonds is 9. The van der Waals surface area contributed by atoms with Crippen molar-refractivity contribution in [2.75, 3.05) is 20.3 Å². The monoisotopic (exact) mass is 635 g/mol. The first-order valence-electron chi connectivity index (χ1n) is 11.6. The molecule has 1 saturated heterocycles. The first kappa shape index (κ1) is 28.4. The van der Waals surface area contributed by atoms with Gasteiger partial charge in [0, 0.05) is 15.6 Å². The zero-order valence-electron chi connectivity index (χ0n) is 20.8. The molecule has 0 radical (unpaired) electrons. The lowest BCUT2D eigenvalue weighted by molar-refractivity contribution is -0.123. The van der Waals surface area contributed by atoms with Crippen LogP contribution in [0.5, 0.6) is 17.2 Å². The molecule has 0 aliphatic carbocycles. The van der Waals surface area contributed by atoms with Gasteiger partial charge in [0.05, 0.1) is 23.0 Å². The second-order valence-corrected chi connectivity index (χ2v) is 11.2. The molecule has 4 rings (SSSR count). The van der Waals surface area contributed by atoms with E-state index in [2.05, 4.69) is 15.9 Å². The van der Waals surface area contributed by atoms with E-state index in [-0.39, 0.29) is 30.9 Å². The highest BCUT2D eigenvalue weighted by molar-refractivity contribution is 9.10. The van der Waals surface area contributed by atoms with E-state index in [0.29, 0.717) is 36.5 Å². The fraction of sp³-hybridized carbons (Fsp3) is 0.214. The molecule has 0 bridgehead atoms. The van der Waals surface area contributed by atoms with E-state index in [1.165, 1.54) is 12.0 Å². The van der Waals surface area contributed by atoms with Crippen molar-refractivity contribution in [3.63, 3.8) is 0 Å². The standard InChI is InChI=1S/C28H24BrCl2NO5S/c1-16-4-5-17(2)23(10-16)36-9-8-32-27(33)25(38-28(32)34)13-18-11-21(29)26(24(12-18)35-3)37-15-19-6-7-20(30)14-22(19)31/h4-7,10-14H,8-9,15H2,1-3H3/b25-13-. The maximum atomic E-state index is 13.0. The summed E-state index contributed by atoms with van der Waals surface area (Å²) in [6.45, 7) is 4.50. The maximum absolute atomic E-state index is 13.0. The Hall–Kier alpha value is -2.65. The minimum atomic E-state index is -0.364. The average Bonchev–Trinajstić information content (AvgIpc) is 3.13. The minimum absolute atomic E-state index is 0.155. The van der Waals surface area contributed by atoms with Gasteiger partial charge >= 0.3 is 0 Å². The Morgan fingerprint density at radius 1 is 1.00 bits per heavy atom. The molecule has 1 fully saturated rings. The van der Waals surface area contributed by atoms with Crippen LogP contribution in [0.3, 0.4) is 0 Å². The summed E-state index contributed by atoms with van der Waals surface area (Å²) in [5, 5.41) is 0.705. The van der Waals surface area contributed by atoms with Crippen LogP contribution in [-0.2, 0) is 11.4 Å². The summed E-state index contributed by atoms with van der Waals surface area (Å²) in [4.78, 5) is 27.0. The summed E-state index contributed by atoms with van der Waals surface area (Å²) < 4.78 is 18.0. The SMILES string of the molecule is COc1cc(/C=C2\SC(=O)N(CCOc3cc(C)ccc3C)C2=O)cc(Br)c1OCc1ccc(Cl)cc1Cl. The summed E-state index contributed by atoms with van der Waals surface area (Å²) in [5.41, 5.74) is 3.51. The van der Waals surface area contributed by atoms with Crippen LogP contribution in [0.15, 0.2) is 57.9 Å². The topological polar surface area (TPSA) is 65.1 Å². The van der Waals surface area contributed by atoms with Crippen LogP contribution in [0, 0.1) is 13.8 Å². The number of benzene rings is 3. The number of ether oxygens (including phenoxy) is 3. The number of carbonyl (C=O) groups is 2. The molecular formula is C28H24BrCl2NO5S. The summed E-state index contributed by atoms with van der Waals surface area (Å²) >= 11 is 16.6. The maximum Gasteiger partial charge on any atom is 0.293 e. The van der Waals surface area contributed by atoms with E-state index in [9.17, 15) is 9.59 Å². The van der Waals surface area contributed by atoms with Crippen LogP contribution < -0.4 is 14.2 Å². The van der Waals surface area contributed by atoms with Crippen LogP contribution in [0.4, 0.5) is 4.79 Å². The summed E-state index contributed by atoms with van der Waals surface area (Å²) in [7, 11) is 1.53. The first-order chi connectivity index (χ1) is 18.2. The molecule has 3 aromatic carbocycles. The number of amides is 2. The zero-order chi connectivity index (χ0) is 27.4. The number of carbonyl (C=O) groups excluding carboxylic acids is 2. The molecule has 1 heterocycles. The summed E-state index contributed by atoms with van der Waals surface area (Å²) in [5.74, 6) is 1.31. The number of aryl methyl sites for hydroxylation is 2. The molecule has 0 atom stereocenters. The van der Waals surface area contributed by atoms with Crippen LogP contribution >= 0.6 is 50.9 Å². The van der Waals surface area contributed by atoms with E-state index in [0.717, 1.165) is 34.2 Å². The molecule has 198 valence electrons. The van der Waals surface area contributed by atoms with Gasteiger partial charge in [0.25, 0.3) is 11.1 Å². The number of hydrogen-bond donors (Lipinski definition) is 0. The Kier molecular flexibility index (Phi) is 9.31. The van der Waals surface area contributed by atoms with Gasteiger partial charge in [0.1, 0.15) is 19.0 Å². The van der Waals surface area contributed by atoms with Gasteiger partial charge in [-0.25, -0.2) is 0 Å². The van der Waals surface area contributed by atoms with Gasteiger partial charge in [-0.05, 0) is 94.6 Å². The number of methoxy groups -OCH3 is 1. The normalized spacial score (nSPS) is 14.4. The van der Waals surface area contributed by atoms with Crippen molar-refractivity contribution in [1.82, 2.24) is 4.90 Å². The van der Waals surface area contributed by atoms with Crippen LogP contribution in [0.25, 0.3) is 6.08 Å². The lowest BCUT2D eigenvalue weighted by Crippen LogP contribution is -2.32. The van der Waals surface area contributed by atoms with Gasteiger partial charge in [0.2, 0.25) is 0 Å². The Labute approximate surface area is 244 Å². The average molecular weight is 637 g/mol. The van der Waals surface area contributed by atoms with E-state index in [4.69, 9.17) is 37.4 Å². The molecule has 1 aliphatic heterocycles. The van der Waals surface area contributed by atoms with Crippen molar-refractivity contribution < 1.29 is 23.8 Å². The van der Waals surface area contributed by atoms with Gasteiger partial charge in [0.15, 0.2) is 11.5 Å². The minimum Gasteiger partial charge on any atom is -0.493 e. The van der Waals surface area contributed by atoms with Gasteiger partial charge in [-0.2, -0.15) is 0 Å². The molecule has 0 spiro atoms.